The molecule has 102 valence electrons. The van der Waals surface area contributed by atoms with Crippen molar-refractivity contribution < 1.29 is 5.11 Å². The molecule has 1 fully saturated rings. The summed E-state index contributed by atoms with van der Waals surface area (Å²) in [5.74, 6) is 3.28. The van der Waals surface area contributed by atoms with Gasteiger partial charge in [-0.1, -0.05) is 20.8 Å². The van der Waals surface area contributed by atoms with Crippen LogP contribution in [0.2, 0.25) is 0 Å². The molecule has 0 aliphatic heterocycles. The summed E-state index contributed by atoms with van der Waals surface area (Å²) in [5.41, 5.74) is -0.000439. The molecule has 0 heterocycles. The van der Waals surface area contributed by atoms with Crippen molar-refractivity contribution in [1.82, 2.24) is 5.32 Å². The van der Waals surface area contributed by atoms with Gasteiger partial charge in [0.25, 0.3) is 0 Å². The van der Waals surface area contributed by atoms with E-state index in [4.69, 9.17) is 0 Å². The molecule has 2 nitrogen and oxygen atoms in total. The third-order valence-electron chi connectivity index (χ3n) is 3.46. The van der Waals surface area contributed by atoms with Crippen LogP contribution in [0.25, 0.3) is 0 Å². The van der Waals surface area contributed by atoms with Crippen LogP contribution in [0.15, 0.2) is 0 Å². The van der Waals surface area contributed by atoms with Crippen molar-refractivity contribution in [2.75, 3.05) is 18.1 Å². The van der Waals surface area contributed by atoms with Gasteiger partial charge < -0.3 is 10.4 Å². The van der Waals surface area contributed by atoms with Crippen molar-refractivity contribution in [3.8, 4) is 0 Å². The molecule has 1 rings (SSSR count). The van der Waals surface area contributed by atoms with E-state index < -0.39 is 0 Å². The van der Waals surface area contributed by atoms with Crippen LogP contribution < -0.4 is 5.32 Å². The average Bonchev–Trinajstić information content (AvgIpc) is 3.10. The van der Waals surface area contributed by atoms with Crippen molar-refractivity contribution in [2.45, 2.75) is 64.5 Å². The third kappa shape index (κ3) is 6.12. The van der Waals surface area contributed by atoms with Crippen molar-refractivity contribution in [1.29, 1.82) is 0 Å². The van der Waals surface area contributed by atoms with Gasteiger partial charge in [0.05, 0.1) is 6.61 Å². The molecule has 0 aromatic rings. The Morgan fingerprint density at radius 2 is 2.12 bits per heavy atom. The summed E-state index contributed by atoms with van der Waals surface area (Å²) in [5, 5.41) is 13.3. The molecule has 0 bridgehead atoms. The number of thioether (sulfide) groups is 1. The van der Waals surface area contributed by atoms with E-state index >= 15 is 0 Å². The van der Waals surface area contributed by atoms with Crippen molar-refractivity contribution in [3.63, 3.8) is 0 Å². The minimum Gasteiger partial charge on any atom is -0.394 e. The largest absolute Gasteiger partial charge is 0.394 e. The number of aliphatic hydroxyl groups is 1. The molecule has 1 aliphatic carbocycles. The van der Waals surface area contributed by atoms with Crippen LogP contribution in [-0.4, -0.2) is 34.8 Å². The Hall–Kier alpha value is 0.270. The summed E-state index contributed by atoms with van der Waals surface area (Å²) in [6.07, 6.45) is 5.95. The second-order valence-corrected chi connectivity index (χ2v) is 6.93. The van der Waals surface area contributed by atoms with Gasteiger partial charge in [0.1, 0.15) is 0 Å². The molecule has 17 heavy (non-hydrogen) atoms. The fourth-order valence-electron chi connectivity index (χ4n) is 2.08. The summed E-state index contributed by atoms with van der Waals surface area (Å²) in [7, 11) is 0. The van der Waals surface area contributed by atoms with E-state index in [1.807, 2.05) is 11.8 Å². The van der Waals surface area contributed by atoms with Crippen LogP contribution in [0.4, 0.5) is 0 Å². The van der Waals surface area contributed by atoms with Crippen LogP contribution in [-0.2, 0) is 0 Å². The lowest BCUT2D eigenvalue weighted by Gasteiger charge is -2.32. The van der Waals surface area contributed by atoms with Crippen molar-refractivity contribution >= 4 is 11.8 Å². The van der Waals surface area contributed by atoms with Gasteiger partial charge in [-0.15, -0.1) is 0 Å². The van der Waals surface area contributed by atoms with Gasteiger partial charge in [0.15, 0.2) is 0 Å². The highest BCUT2D eigenvalue weighted by molar-refractivity contribution is 7.99. The number of aliphatic hydroxyl groups excluding tert-OH is 1. The second kappa shape index (κ2) is 7.65. The molecule has 0 spiro atoms. The van der Waals surface area contributed by atoms with Gasteiger partial charge in [-0.05, 0) is 49.5 Å². The summed E-state index contributed by atoms with van der Waals surface area (Å²) in [4.78, 5) is 0. The Labute approximate surface area is 111 Å². The molecule has 1 saturated carbocycles. The van der Waals surface area contributed by atoms with Crippen molar-refractivity contribution in [2.24, 2.45) is 5.92 Å². The van der Waals surface area contributed by atoms with Crippen LogP contribution in [0.1, 0.15) is 52.9 Å². The Balaban J connectivity index is 2.18. The van der Waals surface area contributed by atoms with E-state index in [9.17, 15) is 5.11 Å². The summed E-state index contributed by atoms with van der Waals surface area (Å²) in [6, 6.07) is 0.686. The van der Waals surface area contributed by atoms with Crippen LogP contribution in [0.5, 0.6) is 0 Å². The molecule has 0 amide bonds. The zero-order valence-electron chi connectivity index (χ0n) is 11.7. The quantitative estimate of drug-likeness (QED) is 0.591. The first kappa shape index (κ1) is 15.3. The number of nitrogens with one attached hydrogen (secondary N) is 1. The zero-order valence-corrected chi connectivity index (χ0v) is 12.5. The fraction of sp³-hybridized carbons (Fsp3) is 1.00. The Morgan fingerprint density at radius 3 is 2.59 bits per heavy atom. The first-order valence-corrected chi connectivity index (χ1v) is 8.23. The first-order valence-electron chi connectivity index (χ1n) is 7.08. The third-order valence-corrected chi connectivity index (χ3v) is 4.94. The van der Waals surface area contributed by atoms with Gasteiger partial charge >= 0.3 is 0 Å². The van der Waals surface area contributed by atoms with Crippen LogP contribution in [0, 0.1) is 5.92 Å². The molecule has 2 N–H and O–H groups in total. The van der Waals surface area contributed by atoms with Crippen LogP contribution >= 0.6 is 11.8 Å². The zero-order chi connectivity index (χ0) is 12.7. The lowest BCUT2D eigenvalue weighted by atomic mass is 9.91. The molecule has 0 radical (unpaired) electrons. The van der Waals surface area contributed by atoms with Gasteiger partial charge in [0, 0.05) is 11.6 Å². The summed E-state index contributed by atoms with van der Waals surface area (Å²) >= 11 is 2.05. The molecule has 0 aromatic carbocycles. The minimum atomic E-state index is -0.000439. The Morgan fingerprint density at radius 1 is 1.41 bits per heavy atom. The molecular weight excluding hydrogens is 230 g/mol. The highest BCUT2D eigenvalue weighted by atomic mass is 32.2. The number of hydrogen-bond donors (Lipinski definition) is 2. The maximum Gasteiger partial charge on any atom is 0.0613 e. The number of rotatable bonds is 10. The monoisotopic (exact) mass is 259 g/mol. The Bertz CT molecular complexity index is 200. The molecule has 0 aromatic heterocycles. The fourth-order valence-corrected chi connectivity index (χ4v) is 3.07. The van der Waals surface area contributed by atoms with E-state index in [2.05, 4.69) is 26.1 Å². The molecule has 1 aliphatic rings. The van der Waals surface area contributed by atoms with E-state index in [0.717, 1.165) is 18.8 Å². The standard InChI is InChI=1S/C14H29NOS/c1-4-14(11-16,15-13-6-7-13)8-5-9-17-10-12(2)3/h12-13,15-16H,4-11H2,1-3H3. The molecule has 3 heteroatoms. The van der Waals surface area contributed by atoms with Crippen molar-refractivity contribution in [3.05, 3.63) is 0 Å². The van der Waals surface area contributed by atoms with E-state index in [-0.39, 0.29) is 12.1 Å². The van der Waals surface area contributed by atoms with Gasteiger partial charge in [0.2, 0.25) is 0 Å². The van der Waals surface area contributed by atoms with E-state index in [0.29, 0.717) is 6.04 Å². The maximum absolute atomic E-state index is 9.63. The smallest absolute Gasteiger partial charge is 0.0613 e. The topological polar surface area (TPSA) is 32.3 Å². The SMILES string of the molecule is CCC(CO)(CCCSCC(C)C)NC1CC1. The first-order chi connectivity index (χ1) is 8.12. The lowest BCUT2D eigenvalue weighted by molar-refractivity contribution is 0.144. The molecule has 1 atom stereocenters. The van der Waals surface area contributed by atoms with Gasteiger partial charge in [-0.2, -0.15) is 11.8 Å². The molecule has 0 saturated heterocycles. The highest BCUT2D eigenvalue weighted by Gasteiger charge is 2.33. The predicted molar refractivity (Wildman–Crippen MR) is 77.7 cm³/mol. The van der Waals surface area contributed by atoms with Gasteiger partial charge in [-0.3, -0.25) is 0 Å². The lowest BCUT2D eigenvalue weighted by Crippen LogP contribution is -2.49. The predicted octanol–water partition coefficient (Wildman–Crippen LogP) is 3.05. The Kier molecular flexibility index (Phi) is 6.90. The second-order valence-electron chi connectivity index (χ2n) is 5.78. The molecular formula is C14H29NOS. The van der Waals surface area contributed by atoms with E-state index in [1.54, 1.807) is 0 Å². The summed E-state index contributed by atoms with van der Waals surface area (Å²) < 4.78 is 0. The maximum atomic E-state index is 9.63. The normalized spacial score (nSPS) is 19.6. The minimum absolute atomic E-state index is 0.000439. The summed E-state index contributed by atoms with van der Waals surface area (Å²) in [6.45, 7) is 7.01. The van der Waals surface area contributed by atoms with Crippen LogP contribution in [0.3, 0.4) is 0 Å². The molecule has 1 unspecified atom stereocenters. The highest BCUT2D eigenvalue weighted by Crippen LogP contribution is 2.27. The average molecular weight is 259 g/mol. The van der Waals surface area contributed by atoms with E-state index in [1.165, 1.54) is 30.8 Å². The number of hydrogen-bond acceptors (Lipinski definition) is 3. The van der Waals surface area contributed by atoms with Gasteiger partial charge in [-0.25, -0.2) is 0 Å².